The number of ether oxygens (including phenoxy) is 2. The molecule has 0 saturated carbocycles. The predicted molar refractivity (Wildman–Crippen MR) is 73.4 cm³/mol. The summed E-state index contributed by atoms with van der Waals surface area (Å²) in [5.74, 6) is 0.679. The highest BCUT2D eigenvalue weighted by molar-refractivity contribution is 5.97. The van der Waals surface area contributed by atoms with Crippen molar-refractivity contribution >= 4 is 5.84 Å². The van der Waals surface area contributed by atoms with E-state index in [0.29, 0.717) is 24.5 Å². The van der Waals surface area contributed by atoms with Crippen LogP contribution >= 0.6 is 0 Å². The van der Waals surface area contributed by atoms with Gasteiger partial charge in [0.1, 0.15) is 18.2 Å². The maximum Gasteiger partial charge on any atom is 0.130 e. The topological polar surface area (TPSA) is 68.3 Å². The molecular formula is C14H22N2O2. The van der Waals surface area contributed by atoms with Crippen molar-refractivity contribution in [3.8, 4) is 5.75 Å². The van der Waals surface area contributed by atoms with Gasteiger partial charge in [-0.25, -0.2) is 0 Å². The average Bonchev–Trinajstić information content (AvgIpc) is 2.33. The number of benzene rings is 1. The van der Waals surface area contributed by atoms with Gasteiger partial charge in [-0.15, -0.1) is 0 Å². The maximum atomic E-state index is 7.48. The molecule has 0 radical (unpaired) electrons. The molecule has 0 aliphatic heterocycles. The predicted octanol–water partition coefficient (Wildman–Crippen LogP) is 2.47. The van der Waals surface area contributed by atoms with Gasteiger partial charge in [-0.3, -0.25) is 5.41 Å². The molecule has 4 nitrogen and oxygen atoms in total. The Bertz CT molecular complexity index is 391. The molecule has 0 heterocycles. The molecule has 0 amide bonds. The second-order valence-electron chi connectivity index (χ2n) is 4.23. The van der Waals surface area contributed by atoms with E-state index in [4.69, 9.17) is 20.6 Å². The lowest BCUT2D eigenvalue weighted by molar-refractivity contribution is 0.0980. The first-order valence-corrected chi connectivity index (χ1v) is 6.30. The molecule has 3 N–H and O–H groups in total. The van der Waals surface area contributed by atoms with Crippen molar-refractivity contribution < 1.29 is 9.47 Å². The third-order valence-corrected chi connectivity index (χ3v) is 2.55. The molecule has 4 heteroatoms. The fourth-order valence-electron chi connectivity index (χ4n) is 1.53. The van der Waals surface area contributed by atoms with Crippen molar-refractivity contribution in [2.24, 2.45) is 5.73 Å². The number of nitrogens with one attached hydrogen (secondary N) is 1. The molecule has 100 valence electrons. The number of nitrogen functional groups attached to an aromatic ring is 1. The van der Waals surface area contributed by atoms with Crippen LogP contribution < -0.4 is 10.5 Å². The van der Waals surface area contributed by atoms with Crippen molar-refractivity contribution in [2.45, 2.75) is 26.7 Å². The largest absolute Gasteiger partial charge is 0.490 e. The highest BCUT2D eigenvalue weighted by atomic mass is 16.5. The first-order valence-electron chi connectivity index (χ1n) is 6.30. The van der Waals surface area contributed by atoms with Crippen LogP contribution in [0.4, 0.5) is 0 Å². The zero-order valence-electron chi connectivity index (χ0n) is 11.2. The molecule has 0 atom stereocenters. The van der Waals surface area contributed by atoms with Gasteiger partial charge < -0.3 is 15.2 Å². The van der Waals surface area contributed by atoms with Gasteiger partial charge in [0.25, 0.3) is 0 Å². The number of hydrogen-bond donors (Lipinski definition) is 2. The fraction of sp³-hybridized carbons (Fsp3) is 0.500. The summed E-state index contributed by atoms with van der Waals surface area (Å²) in [6.07, 6.45) is 2.20. The normalized spacial score (nSPS) is 10.3. The highest BCUT2D eigenvalue weighted by Gasteiger charge is 2.06. The van der Waals surface area contributed by atoms with Crippen LogP contribution in [0.15, 0.2) is 18.2 Å². The molecular weight excluding hydrogens is 228 g/mol. The minimum absolute atomic E-state index is 0.0249. The number of amidine groups is 1. The zero-order valence-corrected chi connectivity index (χ0v) is 11.2. The molecule has 0 saturated heterocycles. The monoisotopic (exact) mass is 250 g/mol. The van der Waals surface area contributed by atoms with Crippen LogP contribution in [-0.2, 0) is 4.74 Å². The van der Waals surface area contributed by atoms with E-state index in [1.807, 2.05) is 25.1 Å². The fourth-order valence-corrected chi connectivity index (χ4v) is 1.53. The Morgan fingerprint density at radius 3 is 2.72 bits per heavy atom. The van der Waals surface area contributed by atoms with E-state index in [-0.39, 0.29) is 5.84 Å². The van der Waals surface area contributed by atoms with E-state index < -0.39 is 0 Å². The Labute approximate surface area is 109 Å². The second-order valence-corrected chi connectivity index (χ2v) is 4.23. The van der Waals surface area contributed by atoms with E-state index in [1.54, 1.807) is 0 Å². The molecule has 0 spiro atoms. The van der Waals surface area contributed by atoms with E-state index in [1.165, 1.54) is 0 Å². The van der Waals surface area contributed by atoms with Crippen LogP contribution in [0.1, 0.15) is 30.9 Å². The van der Waals surface area contributed by atoms with Crippen LogP contribution in [0.25, 0.3) is 0 Å². The molecule has 18 heavy (non-hydrogen) atoms. The van der Waals surface area contributed by atoms with Crippen LogP contribution in [0.3, 0.4) is 0 Å². The van der Waals surface area contributed by atoms with Gasteiger partial charge in [-0.05, 0) is 31.0 Å². The third kappa shape index (κ3) is 4.75. The summed E-state index contributed by atoms with van der Waals surface area (Å²) < 4.78 is 11.0. The van der Waals surface area contributed by atoms with Crippen molar-refractivity contribution in [3.63, 3.8) is 0 Å². The quantitative estimate of drug-likeness (QED) is 0.423. The van der Waals surface area contributed by atoms with Crippen LogP contribution in [0, 0.1) is 12.3 Å². The third-order valence-electron chi connectivity index (χ3n) is 2.55. The molecule has 1 rings (SSSR count). The molecule has 0 unspecified atom stereocenters. The van der Waals surface area contributed by atoms with Gasteiger partial charge in [-0.1, -0.05) is 19.4 Å². The number of aryl methyl sites for hydroxylation is 1. The van der Waals surface area contributed by atoms with Crippen molar-refractivity contribution in [1.29, 1.82) is 5.41 Å². The molecule has 0 bridgehead atoms. The van der Waals surface area contributed by atoms with Gasteiger partial charge >= 0.3 is 0 Å². The van der Waals surface area contributed by atoms with Gasteiger partial charge in [0.05, 0.1) is 12.2 Å². The van der Waals surface area contributed by atoms with E-state index >= 15 is 0 Å². The summed E-state index contributed by atoms with van der Waals surface area (Å²) in [5, 5.41) is 7.48. The summed E-state index contributed by atoms with van der Waals surface area (Å²) in [4.78, 5) is 0. The van der Waals surface area contributed by atoms with Crippen LogP contribution in [0.2, 0.25) is 0 Å². The van der Waals surface area contributed by atoms with Crippen molar-refractivity contribution in [2.75, 3.05) is 19.8 Å². The van der Waals surface area contributed by atoms with Crippen LogP contribution in [-0.4, -0.2) is 25.7 Å². The Hall–Kier alpha value is -1.55. The Balaban J connectivity index is 2.45. The maximum absolute atomic E-state index is 7.48. The summed E-state index contributed by atoms with van der Waals surface area (Å²) in [5.41, 5.74) is 7.23. The van der Waals surface area contributed by atoms with Crippen molar-refractivity contribution in [3.05, 3.63) is 29.3 Å². The highest BCUT2D eigenvalue weighted by Crippen LogP contribution is 2.19. The number of hydrogen-bond acceptors (Lipinski definition) is 3. The van der Waals surface area contributed by atoms with Gasteiger partial charge in [0, 0.05) is 6.61 Å². The van der Waals surface area contributed by atoms with E-state index in [0.717, 1.165) is 25.0 Å². The van der Waals surface area contributed by atoms with Gasteiger partial charge in [0.2, 0.25) is 0 Å². The Morgan fingerprint density at radius 1 is 1.28 bits per heavy atom. The Morgan fingerprint density at radius 2 is 2.06 bits per heavy atom. The number of rotatable bonds is 8. The lowest BCUT2D eigenvalue weighted by Crippen LogP contribution is -2.15. The summed E-state index contributed by atoms with van der Waals surface area (Å²) in [6, 6.07) is 5.62. The van der Waals surface area contributed by atoms with E-state index in [9.17, 15) is 0 Å². The summed E-state index contributed by atoms with van der Waals surface area (Å²) in [7, 11) is 0. The molecule has 1 aromatic rings. The first kappa shape index (κ1) is 14.5. The molecule has 1 aromatic carbocycles. The SMILES string of the molecule is CCCCOCCOc1cc(C)ccc1C(=N)N. The first-order chi connectivity index (χ1) is 8.65. The number of nitrogens with two attached hydrogens (primary N) is 1. The average molecular weight is 250 g/mol. The summed E-state index contributed by atoms with van der Waals surface area (Å²) in [6.45, 7) is 5.92. The smallest absolute Gasteiger partial charge is 0.130 e. The molecule has 0 aliphatic carbocycles. The lowest BCUT2D eigenvalue weighted by atomic mass is 10.1. The van der Waals surface area contributed by atoms with Gasteiger partial charge in [-0.2, -0.15) is 0 Å². The standard InChI is InChI=1S/C14H22N2O2/c1-3-4-7-17-8-9-18-13-10-11(2)5-6-12(13)14(15)16/h5-6,10H,3-4,7-9H2,1-2H3,(H3,15,16). The molecule has 0 aliphatic rings. The lowest BCUT2D eigenvalue weighted by Gasteiger charge is -2.11. The zero-order chi connectivity index (χ0) is 13.4. The second kappa shape index (κ2) is 7.71. The van der Waals surface area contributed by atoms with Gasteiger partial charge in [0.15, 0.2) is 0 Å². The Kier molecular flexibility index (Phi) is 6.22. The minimum atomic E-state index is 0.0249. The minimum Gasteiger partial charge on any atom is -0.490 e. The van der Waals surface area contributed by atoms with Crippen molar-refractivity contribution in [1.82, 2.24) is 0 Å². The number of unbranched alkanes of at least 4 members (excludes halogenated alkanes) is 1. The molecule has 0 aromatic heterocycles. The van der Waals surface area contributed by atoms with Crippen LogP contribution in [0.5, 0.6) is 5.75 Å². The summed E-state index contributed by atoms with van der Waals surface area (Å²) >= 11 is 0. The molecule has 0 fully saturated rings. The van der Waals surface area contributed by atoms with E-state index in [2.05, 4.69) is 6.92 Å².